The summed E-state index contributed by atoms with van der Waals surface area (Å²) < 4.78 is 3.02. The molecular weight excluding hydrogens is 396 g/mol. The Kier molecular flexibility index (Phi) is 7.07. The summed E-state index contributed by atoms with van der Waals surface area (Å²) >= 11 is 0. The molecule has 0 spiro atoms. The van der Waals surface area contributed by atoms with E-state index in [-0.39, 0.29) is 23.8 Å². The Labute approximate surface area is 180 Å². The van der Waals surface area contributed by atoms with Crippen molar-refractivity contribution in [3.05, 3.63) is 69.1 Å². The smallest absolute Gasteiger partial charge is 0.330 e. The maximum absolute atomic E-state index is 13.2. The summed E-state index contributed by atoms with van der Waals surface area (Å²) in [6, 6.07) is 9.58. The van der Waals surface area contributed by atoms with E-state index >= 15 is 0 Å². The minimum atomic E-state index is -0.656. The van der Waals surface area contributed by atoms with Gasteiger partial charge in [-0.3, -0.25) is 19.1 Å². The Morgan fingerprint density at radius 1 is 1.16 bits per heavy atom. The van der Waals surface area contributed by atoms with Gasteiger partial charge in [-0.15, -0.1) is 0 Å². The number of aromatic amines is 1. The third kappa shape index (κ3) is 4.93. The third-order valence-corrected chi connectivity index (χ3v) is 4.98. The van der Waals surface area contributed by atoms with E-state index in [1.54, 1.807) is 17.1 Å². The summed E-state index contributed by atoms with van der Waals surface area (Å²) in [5.41, 5.74) is 6.61. The minimum absolute atomic E-state index is 0.0176. The molecule has 0 unspecified atom stereocenters. The number of nitrogens with two attached hydrogens (primary N) is 1. The van der Waals surface area contributed by atoms with E-state index in [1.807, 2.05) is 44.2 Å². The molecule has 0 aliphatic rings. The fourth-order valence-electron chi connectivity index (χ4n) is 3.40. The summed E-state index contributed by atoms with van der Waals surface area (Å²) in [4.78, 5) is 41.6. The lowest BCUT2D eigenvalue weighted by molar-refractivity contribution is -0.118. The molecule has 164 valence electrons. The second-order valence-electron chi connectivity index (χ2n) is 7.35. The Morgan fingerprint density at radius 2 is 1.90 bits per heavy atom. The highest BCUT2D eigenvalue weighted by Gasteiger charge is 2.24. The molecular formula is C22H28N6O3. The minimum Gasteiger partial charge on any atom is -0.383 e. The second kappa shape index (κ2) is 9.92. The molecule has 2 heterocycles. The molecule has 0 saturated carbocycles. The second-order valence-corrected chi connectivity index (χ2v) is 7.35. The van der Waals surface area contributed by atoms with Crippen molar-refractivity contribution in [3.8, 4) is 5.69 Å². The maximum atomic E-state index is 13.2. The van der Waals surface area contributed by atoms with Gasteiger partial charge in [0, 0.05) is 19.3 Å². The number of rotatable bonds is 9. The first-order valence-corrected chi connectivity index (χ1v) is 10.5. The van der Waals surface area contributed by atoms with Gasteiger partial charge < -0.3 is 10.6 Å². The number of H-pyrrole nitrogens is 1. The van der Waals surface area contributed by atoms with E-state index < -0.39 is 11.2 Å². The highest BCUT2D eigenvalue weighted by atomic mass is 16.2. The molecule has 0 aliphatic heterocycles. The monoisotopic (exact) mass is 424 g/mol. The number of carbonyl (C=O) groups is 1. The predicted molar refractivity (Wildman–Crippen MR) is 121 cm³/mol. The van der Waals surface area contributed by atoms with E-state index in [0.717, 1.165) is 18.5 Å². The van der Waals surface area contributed by atoms with Crippen LogP contribution in [0.3, 0.4) is 0 Å². The van der Waals surface area contributed by atoms with Gasteiger partial charge in [-0.25, -0.2) is 9.48 Å². The van der Waals surface area contributed by atoms with Crippen molar-refractivity contribution >= 4 is 17.4 Å². The zero-order valence-electron chi connectivity index (χ0n) is 17.9. The lowest BCUT2D eigenvalue weighted by atomic mass is 10.2. The number of nitrogens with zero attached hydrogens (tertiary/aromatic N) is 4. The number of hydrogen-bond donors (Lipinski definition) is 2. The number of nitrogens with one attached hydrogen (secondary N) is 1. The van der Waals surface area contributed by atoms with E-state index in [4.69, 9.17) is 5.73 Å². The first-order chi connectivity index (χ1) is 15.0. The summed E-state index contributed by atoms with van der Waals surface area (Å²) in [5.74, 6) is -0.267. The fraction of sp³-hybridized carbons (Fsp3) is 0.364. The molecule has 1 amide bonds. The van der Waals surface area contributed by atoms with Crippen LogP contribution in [0.1, 0.15) is 38.7 Å². The number of amides is 1. The van der Waals surface area contributed by atoms with Crippen LogP contribution in [-0.4, -0.2) is 31.8 Å². The fourth-order valence-corrected chi connectivity index (χ4v) is 3.40. The molecule has 0 bridgehead atoms. The van der Waals surface area contributed by atoms with Gasteiger partial charge in [0.1, 0.15) is 5.82 Å². The molecule has 0 fully saturated rings. The summed E-state index contributed by atoms with van der Waals surface area (Å²) in [7, 11) is 0. The number of hydrogen-bond acceptors (Lipinski definition) is 5. The number of anilines is 2. The number of unbranched alkanes of at least 4 members (excludes halogenated alkanes) is 1. The Hall–Kier alpha value is -3.62. The topological polar surface area (TPSA) is 119 Å². The van der Waals surface area contributed by atoms with Crippen molar-refractivity contribution < 1.29 is 4.79 Å². The van der Waals surface area contributed by atoms with Crippen LogP contribution in [0.4, 0.5) is 11.5 Å². The zero-order chi connectivity index (χ0) is 22.4. The molecule has 9 nitrogen and oxygen atoms in total. The maximum Gasteiger partial charge on any atom is 0.330 e. The standard InChI is InChI=1S/C22H28N6O3/c1-3-5-12-27-20(23)19(21(30)25-22(27)31)26(11-4-2)18(29)13-16-14-24-28(15-16)17-9-7-6-8-10-17/h6-10,14-15H,3-5,11-13,23H2,1-2H3,(H,25,30,31). The van der Waals surface area contributed by atoms with Crippen molar-refractivity contribution in [3.63, 3.8) is 0 Å². The molecule has 31 heavy (non-hydrogen) atoms. The van der Waals surface area contributed by atoms with Gasteiger partial charge in [0.2, 0.25) is 5.91 Å². The van der Waals surface area contributed by atoms with Crippen molar-refractivity contribution in [1.29, 1.82) is 0 Å². The quantitative estimate of drug-likeness (QED) is 0.545. The highest BCUT2D eigenvalue weighted by Crippen LogP contribution is 2.19. The van der Waals surface area contributed by atoms with Gasteiger partial charge in [0.25, 0.3) is 5.56 Å². The molecule has 2 aromatic heterocycles. The average molecular weight is 425 g/mol. The molecule has 0 atom stereocenters. The van der Waals surface area contributed by atoms with Gasteiger partial charge in [-0.2, -0.15) is 5.10 Å². The van der Waals surface area contributed by atoms with Gasteiger partial charge in [0.05, 0.1) is 18.3 Å². The van der Waals surface area contributed by atoms with Crippen LogP contribution in [0, 0.1) is 0 Å². The lowest BCUT2D eigenvalue weighted by Gasteiger charge is -2.24. The number of nitrogen functional groups attached to an aromatic ring is 1. The Morgan fingerprint density at radius 3 is 2.58 bits per heavy atom. The third-order valence-electron chi connectivity index (χ3n) is 4.98. The normalized spacial score (nSPS) is 10.9. The largest absolute Gasteiger partial charge is 0.383 e. The number of benzene rings is 1. The average Bonchev–Trinajstić information content (AvgIpc) is 3.22. The van der Waals surface area contributed by atoms with Gasteiger partial charge in [0.15, 0.2) is 5.69 Å². The van der Waals surface area contributed by atoms with Crippen molar-refractivity contribution in [2.75, 3.05) is 17.2 Å². The molecule has 3 rings (SSSR count). The van der Waals surface area contributed by atoms with Gasteiger partial charge in [-0.05, 0) is 30.5 Å². The predicted octanol–water partition coefficient (Wildman–Crippen LogP) is 2.09. The summed E-state index contributed by atoms with van der Waals surface area (Å²) in [6.07, 6.45) is 5.69. The molecule has 9 heteroatoms. The molecule has 3 N–H and O–H groups in total. The van der Waals surface area contributed by atoms with Crippen LogP contribution < -0.4 is 21.9 Å². The van der Waals surface area contributed by atoms with Crippen LogP contribution in [0.2, 0.25) is 0 Å². The van der Waals surface area contributed by atoms with Crippen molar-refractivity contribution in [2.45, 2.75) is 46.1 Å². The molecule has 0 aliphatic carbocycles. The molecule has 3 aromatic rings. The molecule has 0 radical (unpaired) electrons. The SMILES string of the molecule is CCCCn1c(N)c(N(CCC)C(=O)Cc2cnn(-c3ccccc3)c2)c(=O)[nH]c1=O. The van der Waals surface area contributed by atoms with Crippen LogP contribution in [0.25, 0.3) is 5.69 Å². The lowest BCUT2D eigenvalue weighted by Crippen LogP contribution is -2.42. The van der Waals surface area contributed by atoms with E-state index in [1.165, 1.54) is 9.47 Å². The first kappa shape index (κ1) is 22.1. The number of para-hydroxylation sites is 1. The summed E-state index contributed by atoms with van der Waals surface area (Å²) in [6.45, 7) is 4.59. The summed E-state index contributed by atoms with van der Waals surface area (Å²) in [5, 5.41) is 4.32. The van der Waals surface area contributed by atoms with Gasteiger partial charge >= 0.3 is 5.69 Å². The zero-order valence-corrected chi connectivity index (χ0v) is 17.9. The van der Waals surface area contributed by atoms with Crippen molar-refractivity contribution in [1.82, 2.24) is 19.3 Å². The Balaban J connectivity index is 1.90. The van der Waals surface area contributed by atoms with E-state index in [0.29, 0.717) is 25.1 Å². The van der Waals surface area contributed by atoms with Crippen molar-refractivity contribution in [2.24, 2.45) is 0 Å². The number of aromatic nitrogens is 4. The van der Waals surface area contributed by atoms with Crippen LogP contribution in [0.5, 0.6) is 0 Å². The highest BCUT2D eigenvalue weighted by molar-refractivity contribution is 5.96. The Bertz CT molecular complexity index is 1150. The van der Waals surface area contributed by atoms with E-state index in [9.17, 15) is 14.4 Å². The number of carbonyl (C=O) groups excluding carboxylic acids is 1. The van der Waals surface area contributed by atoms with Gasteiger partial charge in [-0.1, -0.05) is 38.5 Å². The van der Waals surface area contributed by atoms with E-state index in [2.05, 4.69) is 10.1 Å². The molecule has 0 saturated heterocycles. The van der Waals surface area contributed by atoms with Crippen LogP contribution >= 0.6 is 0 Å². The van der Waals surface area contributed by atoms with Crippen LogP contribution in [0.15, 0.2) is 52.3 Å². The van der Waals surface area contributed by atoms with Crippen LogP contribution in [-0.2, 0) is 17.8 Å². The first-order valence-electron chi connectivity index (χ1n) is 10.5. The molecule has 1 aromatic carbocycles.